The van der Waals surface area contributed by atoms with E-state index in [9.17, 15) is 4.79 Å². The van der Waals surface area contributed by atoms with E-state index in [0.717, 1.165) is 27.5 Å². The fraction of sp³-hybridized carbons (Fsp3) is 0.200. The molecule has 2 aliphatic heterocycles. The Kier molecular flexibility index (Phi) is 4.74. The first-order chi connectivity index (χ1) is 12.6. The van der Waals surface area contributed by atoms with Gasteiger partial charge in [0.05, 0.1) is 18.0 Å². The summed E-state index contributed by atoms with van der Waals surface area (Å²) in [4.78, 5) is 19.0. The minimum absolute atomic E-state index is 0.0114. The van der Waals surface area contributed by atoms with Crippen molar-refractivity contribution >= 4 is 40.1 Å². The van der Waals surface area contributed by atoms with Crippen LogP contribution < -0.4 is 5.32 Å². The van der Waals surface area contributed by atoms with Crippen molar-refractivity contribution in [3.63, 3.8) is 0 Å². The molecule has 4 nitrogen and oxygen atoms in total. The van der Waals surface area contributed by atoms with Crippen molar-refractivity contribution in [3.8, 4) is 0 Å². The van der Waals surface area contributed by atoms with Crippen molar-refractivity contribution in [2.75, 3.05) is 6.54 Å². The number of benzene rings is 2. The molecular formula is C20H17ClN2O2S. The van der Waals surface area contributed by atoms with E-state index >= 15 is 0 Å². The maximum Gasteiger partial charge on any atom is 0.251 e. The van der Waals surface area contributed by atoms with Crippen LogP contribution in [0.15, 0.2) is 69.1 Å². The highest BCUT2D eigenvalue weighted by atomic mass is 35.5. The van der Waals surface area contributed by atoms with Crippen LogP contribution in [0.4, 0.5) is 5.69 Å². The van der Waals surface area contributed by atoms with Gasteiger partial charge in [0.15, 0.2) is 0 Å². The fourth-order valence-corrected chi connectivity index (χ4v) is 4.25. The number of hydrogen-bond donors (Lipinski definition) is 1. The molecule has 2 aromatic carbocycles. The van der Waals surface area contributed by atoms with Crippen LogP contribution in [-0.2, 0) is 4.74 Å². The average molecular weight is 385 g/mol. The van der Waals surface area contributed by atoms with Crippen LogP contribution in [0.3, 0.4) is 0 Å². The monoisotopic (exact) mass is 384 g/mol. The topological polar surface area (TPSA) is 50.7 Å². The van der Waals surface area contributed by atoms with Crippen LogP contribution in [0.1, 0.15) is 29.3 Å². The molecule has 0 radical (unpaired) electrons. The summed E-state index contributed by atoms with van der Waals surface area (Å²) in [5, 5.41) is 3.36. The van der Waals surface area contributed by atoms with Gasteiger partial charge in [-0.3, -0.25) is 4.79 Å². The van der Waals surface area contributed by atoms with Crippen molar-refractivity contribution < 1.29 is 9.53 Å². The summed E-state index contributed by atoms with van der Waals surface area (Å²) < 4.78 is 5.61. The second-order valence-corrected chi connectivity index (χ2v) is 7.63. The lowest BCUT2D eigenvalue weighted by atomic mass is 10.1. The summed E-state index contributed by atoms with van der Waals surface area (Å²) in [5.41, 5.74) is 2.17. The van der Waals surface area contributed by atoms with Gasteiger partial charge in [-0.2, -0.15) is 0 Å². The highest BCUT2D eigenvalue weighted by molar-refractivity contribution is 7.99. The Morgan fingerprint density at radius 2 is 2.15 bits per heavy atom. The zero-order valence-corrected chi connectivity index (χ0v) is 15.7. The number of hydrogen-bond acceptors (Lipinski definition) is 4. The summed E-state index contributed by atoms with van der Waals surface area (Å²) in [6, 6.07) is 13.4. The minimum Gasteiger partial charge on any atom is -0.493 e. The molecule has 1 atom stereocenters. The molecule has 0 aromatic heterocycles. The first-order valence-electron chi connectivity index (χ1n) is 8.37. The Morgan fingerprint density at radius 1 is 1.31 bits per heavy atom. The highest BCUT2D eigenvalue weighted by Crippen LogP contribution is 2.41. The van der Waals surface area contributed by atoms with Crippen molar-refractivity contribution in [3.05, 3.63) is 65.4 Å². The molecular weight excluding hydrogens is 368 g/mol. The first-order valence-corrected chi connectivity index (χ1v) is 9.57. The van der Waals surface area contributed by atoms with Gasteiger partial charge in [0.2, 0.25) is 0 Å². The second kappa shape index (κ2) is 7.17. The van der Waals surface area contributed by atoms with Crippen molar-refractivity contribution in [1.29, 1.82) is 0 Å². The highest BCUT2D eigenvalue weighted by Gasteiger charge is 2.19. The smallest absolute Gasteiger partial charge is 0.251 e. The lowest BCUT2D eigenvalue weighted by Crippen LogP contribution is -2.31. The molecule has 0 bridgehead atoms. The Balaban J connectivity index is 1.53. The van der Waals surface area contributed by atoms with E-state index in [2.05, 4.69) is 10.3 Å². The van der Waals surface area contributed by atoms with Crippen LogP contribution in [0, 0.1) is 0 Å². The standard InChI is InChI=1S/C20H17ClN2O2S/c1-12-6-8-14(25-12)11-22-20(24)13-7-9-18-16(10-13)23-19(21)15-4-2-3-5-17(15)26-18/h2-7,9-10,14H,8,11H2,1H3,(H,22,24). The zero-order chi connectivity index (χ0) is 18.1. The largest absolute Gasteiger partial charge is 0.493 e. The molecule has 1 unspecified atom stereocenters. The first kappa shape index (κ1) is 17.2. The van der Waals surface area contributed by atoms with Gasteiger partial charge in [-0.05, 0) is 37.3 Å². The van der Waals surface area contributed by atoms with Gasteiger partial charge in [0.25, 0.3) is 5.91 Å². The molecule has 0 fully saturated rings. The van der Waals surface area contributed by atoms with Gasteiger partial charge < -0.3 is 10.1 Å². The summed E-state index contributed by atoms with van der Waals surface area (Å²) >= 11 is 7.99. The second-order valence-electron chi connectivity index (χ2n) is 6.18. The third-order valence-corrected chi connectivity index (χ3v) is 5.71. The number of nitrogens with zero attached hydrogens (tertiary/aromatic N) is 1. The maximum absolute atomic E-state index is 12.5. The number of halogens is 1. The normalized spacial score (nSPS) is 18.0. The predicted molar refractivity (Wildman–Crippen MR) is 105 cm³/mol. The van der Waals surface area contributed by atoms with E-state index in [0.29, 0.717) is 23.0 Å². The van der Waals surface area contributed by atoms with E-state index < -0.39 is 0 Å². The van der Waals surface area contributed by atoms with Gasteiger partial charge in [0, 0.05) is 27.3 Å². The molecule has 2 aliphatic rings. The summed E-state index contributed by atoms with van der Waals surface area (Å²) in [6.07, 6.45) is 2.87. The molecule has 0 saturated heterocycles. The number of fused-ring (bicyclic) bond motifs is 2. The van der Waals surface area contributed by atoms with Crippen LogP contribution in [0.2, 0.25) is 0 Å². The number of carbonyl (C=O) groups excluding carboxylic acids is 1. The Labute approximate surface area is 161 Å². The zero-order valence-electron chi connectivity index (χ0n) is 14.2. The van der Waals surface area contributed by atoms with Gasteiger partial charge in [-0.1, -0.05) is 41.6 Å². The summed E-state index contributed by atoms with van der Waals surface area (Å²) in [5.74, 6) is 0.772. The molecule has 26 heavy (non-hydrogen) atoms. The average Bonchev–Trinajstić information content (AvgIpc) is 3.00. The number of allylic oxidation sites excluding steroid dienone is 1. The van der Waals surface area contributed by atoms with E-state index in [1.807, 2.05) is 49.4 Å². The molecule has 132 valence electrons. The van der Waals surface area contributed by atoms with E-state index in [1.165, 1.54) is 0 Å². The number of aliphatic imine (C=N–C) groups is 1. The minimum atomic E-state index is -0.140. The van der Waals surface area contributed by atoms with Gasteiger partial charge in [-0.25, -0.2) is 4.99 Å². The van der Waals surface area contributed by atoms with Crippen molar-refractivity contribution in [2.24, 2.45) is 4.99 Å². The molecule has 0 spiro atoms. The summed E-state index contributed by atoms with van der Waals surface area (Å²) in [6.45, 7) is 2.40. The molecule has 0 saturated carbocycles. The maximum atomic E-state index is 12.5. The number of amides is 1. The van der Waals surface area contributed by atoms with Crippen LogP contribution in [-0.4, -0.2) is 23.7 Å². The number of rotatable bonds is 3. The lowest BCUT2D eigenvalue weighted by Gasteiger charge is -2.13. The molecule has 6 heteroatoms. The Hall–Kier alpha value is -2.24. The molecule has 1 N–H and O–H groups in total. The predicted octanol–water partition coefficient (Wildman–Crippen LogP) is 4.89. The lowest BCUT2D eigenvalue weighted by molar-refractivity contribution is 0.0903. The molecule has 2 heterocycles. The molecule has 4 rings (SSSR count). The van der Waals surface area contributed by atoms with Crippen molar-refractivity contribution in [2.45, 2.75) is 29.2 Å². The van der Waals surface area contributed by atoms with Crippen LogP contribution in [0.5, 0.6) is 0 Å². The van der Waals surface area contributed by atoms with Crippen LogP contribution >= 0.6 is 23.4 Å². The molecule has 2 aromatic rings. The summed E-state index contributed by atoms with van der Waals surface area (Å²) in [7, 11) is 0. The SMILES string of the molecule is CC1=CCC(CNC(=O)c2ccc3c(c2)N=C(Cl)c2ccccc2S3)O1. The van der Waals surface area contributed by atoms with E-state index in [4.69, 9.17) is 16.3 Å². The molecule has 1 amide bonds. The van der Waals surface area contributed by atoms with Gasteiger partial charge in [-0.15, -0.1) is 0 Å². The molecule has 0 aliphatic carbocycles. The third-order valence-electron chi connectivity index (χ3n) is 4.28. The Morgan fingerprint density at radius 3 is 2.96 bits per heavy atom. The number of nitrogens with one attached hydrogen (secondary N) is 1. The van der Waals surface area contributed by atoms with E-state index in [-0.39, 0.29) is 12.0 Å². The quantitative estimate of drug-likeness (QED) is 0.819. The Bertz CT molecular complexity index is 939. The third kappa shape index (κ3) is 3.50. The van der Waals surface area contributed by atoms with Gasteiger partial charge in [0.1, 0.15) is 11.3 Å². The van der Waals surface area contributed by atoms with Crippen molar-refractivity contribution in [1.82, 2.24) is 5.32 Å². The van der Waals surface area contributed by atoms with Gasteiger partial charge >= 0.3 is 0 Å². The fourth-order valence-electron chi connectivity index (χ4n) is 2.93. The number of carbonyl (C=O) groups is 1. The van der Waals surface area contributed by atoms with Crippen LogP contribution in [0.25, 0.3) is 0 Å². The number of ether oxygens (including phenoxy) is 1. The van der Waals surface area contributed by atoms with E-state index in [1.54, 1.807) is 17.8 Å².